The lowest BCUT2D eigenvalue weighted by Crippen LogP contribution is -2.32. The van der Waals surface area contributed by atoms with Crippen molar-refractivity contribution in [3.63, 3.8) is 0 Å². The zero-order valence-electron chi connectivity index (χ0n) is 16.7. The van der Waals surface area contributed by atoms with Gasteiger partial charge in [-0.05, 0) is 37.8 Å². The molecule has 0 saturated carbocycles. The summed E-state index contributed by atoms with van der Waals surface area (Å²) in [6.45, 7) is 2.59. The summed E-state index contributed by atoms with van der Waals surface area (Å²) < 4.78 is 19.1. The first-order valence-electron chi connectivity index (χ1n) is 10.5. The van der Waals surface area contributed by atoms with Crippen LogP contribution in [0, 0.1) is 0 Å². The number of hydrogen-bond donors (Lipinski definition) is 0. The van der Waals surface area contributed by atoms with Crippen LogP contribution in [0.5, 0.6) is 17.2 Å². The van der Waals surface area contributed by atoms with Crippen molar-refractivity contribution in [2.24, 2.45) is 0 Å². The standard InChI is InChI=1S/C21H26N4O4/c1-27-16-12-14(13-17-19(16)29-11-10-28-17)21(26)24-9-5-6-15(24)20-23-22-18-7-3-2-4-8-25(18)20/h12-13,15H,2-11H2,1H3. The molecule has 1 saturated heterocycles. The zero-order chi connectivity index (χ0) is 19.8. The molecular formula is C21H26N4O4. The molecular weight excluding hydrogens is 372 g/mol. The Morgan fingerprint density at radius 3 is 2.90 bits per heavy atom. The number of hydrogen-bond acceptors (Lipinski definition) is 6. The minimum atomic E-state index is -0.0407. The summed E-state index contributed by atoms with van der Waals surface area (Å²) in [5, 5.41) is 8.93. The maximum absolute atomic E-state index is 13.5. The van der Waals surface area contributed by atoms with Crippen molar-refractivity contribution in [1.82, 2.24) is 19.7 Å². The lowest BCUT2D eigenvalue weighted by Gasteiger charge is -2.26. The van der Waals surface area contributed by atoms with E-state index in [1.54, 1.807) is 19.2 Å². The van der Waals surface area contributed by atoms with Crippen molar-refractivity contribution >= 4 is 5.91 Å². The largest absolute Gasteiger partial charge is 0.493 e. The molecule has 0 N–H and O–H groups in total. The Hall–Kier alpha value is -2.77. The van der Waals surface area contributed by atoms with E-state index in [0.717, 1.165) is 50.3 Å². The van der Waals surface area contributed by atoms with Gasteiger partial charge in [0.05, 0.1) is 13.2 Å². The van der Waals surface area contributed by atoms with Gasteiger partial charge in [0.25, 0.3) is 5.91 Å². The van der Waals surface area contributed by atoms with Crippen LogP contribution < -0.4 is 14.2 Å². The Morgan fingerprint density at radius 1 is 1.10 bits per heavy atom. The third kappa shape index (κ3) is 3.20. The number of amides is 1. The maximum Gasteiger partial charge on any atom is 0.254 e. The van der Waals surface area contributed by atoms with Gasteiger partial charge in [-0.2, -0.15) is 0 Å². The van der Waals surface area contributed by atoms with Crippen LogP contribution in [0.2, 0.25) is 0 Å². The van der Waals surface area contributed by atoms with E-state index in [4.69, 9.17) is 14.2 Å². The molecule has 1 aromatic carbocycles. The second-order valence-corrected chi connectivity index (χ2v) is 7.80. The minimum absolute atomic E-state index is 0.0336. The third-order valence-corrected chi connectivity index (χ3v) is 6.02. The van der Waals surface area contributed by atoms with Crippen LogP contribution in [0.4, 0.5) is 0 Å². The average Bonchev–Trinajstić information content (AvgIpc) is 3.33. The van der Waals surface area contributed by atoms with Crippen LogP contribution in [0.25, 0.3) is 0 Å². The fourth-order valence-corrected chi connectivity index (χ4v) is 4.59. The van der Waals surface area contributed by atoms with Crippen molar-refractivity contribution in [3.8, 4) is 17.2 Å². The lowest BCUT2D eigenvalue weighted by molar-refractivity contribution is 0.0725. The summed E-state index contributed by atoms with van der Waals surface area (Å²) in [6, 6.07) is 3.47. The average molecular weight is 398 g/mol. The van der Waals surface area contributed by atoms with Crippen LogP contribution in [0.1, 0.15) is 60.2 Å². The Kier molecular flexibility index (Phi) is 4.77. The van der Waals surface area contributed by atoms with Gasteiger partial charge in [0.15, 0.2) is 17.3 Å². The highest BCUT2D eigenvalue weighted by atomic mass is 16.6. The van der Waals surface area contributed by atoms with Crippen LogP contribution in [0.3, 0.4) is 0 Å². The molecule has 3 aliphatic rings. The van der Waals surface area contributed by atoms with E-state index in [9.17, 15) is 4.79 Å². The molecule has 0 radical (unpaired) electrons. The van der Waals surface area contributed by atoms with Gasteiger partial charge < -0.3 is 23.7 Å². The molecule has 0 aliphatic carbocycles. The molecule has 2 aromatic rings. The van der Waals surface area contributed by atoms with Crippen LogP contribution in [-0.4, -0.2) is 52.4 Å². The number of nitrogens with zero attached hydrogens (tertiary/aromatic N) is 4. The number of carbonyl (C=O) groups is 1. The van der Waals surface area contributed by atoms with Gasteiger partial charge in [0.1, 0.15) is 19.0 Å². The number of rotatable bonds is 3. The fourth-order valence-electron chi connectivity index (χ4n) is 4.59. The van der Waals surface area contributed by atoms with Crippen LogP contribution >= 0.6 is 0 Å². The fraction of sp³-hybridized carbons (Fsp3) is 0.571. The second kappa shape index (κ2) is 7.57. The number of likely N-dealkylation sites (tertiary alicyclic amines) is 1. The Labute approximate surface area is 169 Å². The number of aromatic nitrogens is 3. The molecule has 1 unspecified atom stereocenters. The van der Waals surface area contributed by atoms with E-state index < -0.39 is 0 Å². The van der Waals surface area contributed by atoms with Gasteiger partial charge in [0, 0.05) is 25.1 Å². The minimum Gasteiger partial charge on any atom is -0.493 e. The van der Waals surface area contributed by atoms with Gasteiger partial charge in [0.2, 0.25) is 5.75 Å². The van der Waals surface area contributed by atoms with Gasteiger partial charge >= 0.3 is 0 Å². The molecule has 1 amide bonds. The number of ether oxygens (including phenoxy) is 3. The predicted molar refractivity (Wildman–Crippen MR) is 105 cm³/mol. The molecule has 3 aliphatic heterocycles. The summed E-state index contributed by atoms with van der Waals surface area (Å²) in [4.78, 5) is 15.4. The summed E-state index contributed by atoms with van der Waals surface area (Å²) in [7, 11) is 1.58. The molecule has 1 fully saturated rings. The third-order valence-electron chi connectivity index (χ3n) is 6.02. The monoisotopic (exact) mass is 398 g/mol. The summed E-state index contributed by atoms with van der Waals surface area (Å²) in [6.07, 6.45) is 6.34. The van der Waals surface area contributed by atoms with E-state index >= 15 is 0 Å². The van der Waals surface area contributed by atoms with E-state index in [2.05, 4.69) is 14.8 Å². The number of aryl methyl sites for hydroxylation is 1. The summed E-state index contributed by atoms with van der Waals surface area (Å²) in [5.41, 5.74) is 0.550. The normalized spacial score (nSPS) is 20.9. The maximum atomic E-state index is 13.5. The van der Waals surface area contributed by atoms with E-state index in [-0.39, 0.29) is 11.9 Å². The van der Waals surface area contributed by atoms with Crippen molar-refractivity contribution in [2.75, 3.05) is 26.9 Å². The molecule has 0 spiro atoms. The van der Waals surface area contributed by atoms with Crippen molar-refractivity contribution in [2.45, 2.75) is 51.1 Å². The van der Waals surface area contributed by atoms with Crippen LogP contribution in [-0.2, 0) is 13.0 Å². The molecule has 29 heavy (non-hydrogen) atoms. The highest BCUT2D eigenvalue weighted by Crippen LogP contribution is 2.42. The molecule has 8 nitrogen and oxygen atoms in total. The topological polar surface area (TPSA) is 78.7 Å². The molecule has 4 heterocycles. The molecule has 1 aromatic heterocycles. The summed E-state index contributed by atoms with van der Waals surface area (Å²) >= 11 is 0. The molecule has 8 heteroatoms. The van der Waals surface area contributed by atoms with E-state index in [1.807, 2.05) is 4.90 Å². The molecule has 5 rings (SSSR count). The number of carbonyl (C=O) groups excluding carboxylic acids is 1. The van der Waals surface area contributed by atoms with Gasteiger partial charge in [-0.1, -0.05) is 6.42 Å². The Balaban J connectivity index is 1.46. The Bertz CT molecular complexity index is 908. The molecule has 0 bridgehead atoms. The number of benzene rings is 1. The van der Waals surface area contributed by atoms with Crippen molar-refractivity contribution in [1.29, 1.82) is 0 Å². The second-order valence-electron chi connectivity index (χ2n) is 7.80. The zero-order valence-corrected chi connectivity index (χ0v) is 16.7. The van der Waals surface area contributed by atoms with E-state index in [0.29, 0.717) is 42.6 Å². The Morgan fingerprint density at radius 2 is 2.00 bits per heavy atom. The summed E-state index contributed by atoms with van der Waals surface area (Å²) in [5.74, 6) is 3.60. The quantitative estimate of drug-likeness (QED) is 0.791. The molecule has 1 atom stereocenters. The highest BCUT2D eigenvalue weighted by Gasteiger charge is 2.35. The van der Waals surface area contributed by atoms with Gasteiger partial charge in [-0.25, -0.2) is 0 Å². The SMILES string of the molecule is COc1cc(C(=O)N2CCCC2c2nnc3n2CCCCC3)cc2c1OCCO2. The molecule has 154 valence electrons. The smallest absolute Gasteiger partial charge is 0.254 e. The lowest BCUT2D eigenvalue weighted by atomic mass is 10.1. The van der Waals surface area contributed by atoms with Crippen LogP contribution in [0.15, 0.2) is 12.1 Å². The number of methoxy groups -OCH3 is 1. The first kappa shape index (κ1) is 18.3. The van der Waals surface area contributed by atoms with Crippen molar-refractivity contribution < 1.29 is 19.0 Å². The number of fused-ring (bicyclic) bond motifs is 2. The first-order chi connectivity index (χ1) is 14.3. The first-order valence-corrected chi connectivity index (χ1v) is 10.5. The van der Waals surface area contributed by atoms with Crippen molar-refractivity contribution in [3.05, 3.63) is 29.3 Å². The van der Waals surface area contributed by atoms with Gasteiger partial charge in [-0.3, -0.25) is 4.79 Å². The highest BCUT2D eigenvalue weighted by molar-refractivity contribution is 5.96. The van der Waals surface area contributed by atoms with E-state index in [1.165, 1.54) is 6.42 Å². The van der Waals surface area contributed by atoms with Gasteiger partial charge in [-0.15, -0.1) is 10.2 Å². The predicted octanol–water partition coefficient (Wildman–Crippen LogP) is 2.76.